The lowest BCUT2D eigenvalue weighted by atomic mass is 10.2. The van der Waals surface area contributed by atoms with Crippen LogP contribution in [-0.4, -0.2) is 0 Å². The van der Waals surface area contributed by atoms with Gasteiger partial charge in [-0.15, -0.1) is 11.3 Å². The Morgan fingerprint density at radius 3 is 2.93 bits per heavy atom. The molecular formula is C11H13NOS. The fourth-order valence-electron chi connectivity index (χ4n) is 1.33. The van der Waals surface area contributed by atoms with Gasteiger partial charge in [0.15, 0.2) is 0 Å². The Labute approximate surface area is 87.6 Å². The van der Waals surface area contributed by atoms with Crippen LogP contribution in [0.1, 0.15) is 16.2 Å². The number of rotatable bonds is 4. The van der Waals surface area contributed by atoms with Gasteiger partial charge < -0.3 is 9.73 Å². The van der Waals surface area contributed by atoms with Crippen LogP contribution >= 0.6 is 11.3 Å². The van der Waals surface area contributed by atoms with E-state index in [9.17, 15) is 0 Å². The zero-order valence-electron chi connectivity index (χ0n) is 8.12. The fraction of sp³-hybridized carbons (Fsp3) is 0.273. The molecule has 2 nitrogen and oxygen atoms in total. The maximum Gasteiger partial charge on any atom is 0.105 e. The van der Waals surface area contributed by atoms with Gasteiger partial charge in [0.1, 0.15) is 5.76 Å². The van der Waals surface area contributed by atoms with E-state index in [-0.39, 0.29) is 0 Å². The minimum atomic E-state index is 0.875. The van der Waals surface area contributed by atoms with Crippen LogP contribution in [0.2, 0.25) is 0 Å². The van der Waals surface area contributed by atoms with Crippen LogP contribution in [-0.2, 0) is 13.1 Å². The van der Waals surface area contributed by atoms with Crippen LogP contribution in [0.5, 0.6) is 0 Å². The Hall–Kier alpha value is -1.06. The lowest BCUT2D eigenvalue weighted by Gasteiger charge is -2.01. The van der Waals surface area contributed by atoms with E-state index >= 15 is 0 Å². The van der Waals surface area contributed by atoms with Crippen molar-refractivity contribution in [3.8, 4) is 0 Å². The van der Waals surface area contributed by atoms with Gasteiger partial charge in [0.05, 0.1) is 6.26 Å². The van der Waals surface area contributed by atoms with Crippen LogP contribution < -0.4 is 5.32 Å². The second-order valence-corrected chi connectivity index (χ2v) is 4.22. The first-order valence-electron chi connectivity index (χ1n) is 4.62. The Morgan fingerprint density at radius 1 is 1.36 bits per heavy atom. The number of hydrogen-bond donors (Lipinski definition) is 1. The Balaban J connectivity index is 1.81. The molecule has 0 aromatic carbocycles. The van der Waals surface area contributed by atoms with Gasteiger partial charge >= 0.3 is 0 Å². The summed E-state index contributed by atoms with van der Waals surface area (Å²) in [6, 6.07) is 6.22. The molecule has 0 aliphatic carbocycles. The summed E-state index contributed by atoms with van der Waals surface area (Å²) in [5.74, 6) is 1.00. The molecule has 0 saturated heterocycles. The minimum Gasteiger partial charge on any atom is -0.469 e. The van der Waals surface area contributed by atoms with Crippen molar-refractivity contribution < 1.29 is 4.42 Å². The summed E-state index contributed by atoms with van der Waals surface area (Å²) in [6.07, 6.45) is 1.73. The smallest absolute Gasteiger partial charge is 0.105 e. The van der Waals surface area contributed by atoms with Crippen molar-refractivity contribution in [2.24, 2.45) is 0 Å². The SMILES string of the molecule is Cc1occc1CNCc1cccs1. The maximum absolute atomic E-state index is 5.21. The molecule has 14 heavy (non-hydrogen) atoms. The van der Waals surface area contributed by atoms with E-state index in [4.69, 9.17) is 4.42 Å². The molecule has 0 aliphatic heterocycles. The van der Waals surface area contributed by atoms with E-state index < -0.39 is 0 Å². The van der Waals surface area contributed by atoms with Crippen molar-refractivity contribution in [1.82, 2.24) is 5.32 Å². The molecule has 0 spiro atoms. The van der Waals surface area contributed by atoms with Crippen LogP contribution in [0.3, 0.4) is 0 Å². The lowest BCUT2D eigenvalue weighted by molar-refractivity contribution is 0.526. The second kappa shape index (κ2) is 4.44. The third kappa shape index (κ3) is 2.25. The predicted octanol–water partition coefficient (Wildman–Crippen LogP) is 2.94. The number of thiophene rings is 1. The van der Waals surface area contributed by atoms with Gasteiger partial charge in [-0.2, -0.15) is 0 Å². The van der Waals surface area contributed by atoms with Gasteiger partial charge in [-0.05, 0) is 24.4 Å². The number of nitrogens with one attached hydrogen (secondary N) is 1. The summed E-state index contributed by atoms with van der Waals surface area (Å²) >= 11 is 1.78. The van der Waals surface area contributed by atoms with Gasteiger partial charge in [-0.3, -0.25) is 0 Å². The zero-order chi connectivity index (χ0) is 9.80. The lowest BCUT2D eigenvalue weighted by Crippen LogP contribution is -2.11. The molecule has 3 heteroatoms. The molecule has 2 rings (SSSR count). The van der Waals surface area contributed by atoms with Gasteiger partial charge in [0.2, 0.25) is 0 Å². The number of furan rings is 1. The molecule has 0 aliphatic rings. The monoisotopic (exact) mass is 207 g/mol. The maximum atomic E-state index is 5.21. The minimum absolute atomic E-state index is 0.875. The number of aryl methyl sites for hydroxylation is 1. The van der Waals surface area contributed by atoms with Crippen molar-refractivity contribution in [2.75, 3.05) is 0 Å². The van der Waals surface area contributed by atoms with Gasteiger partial charge in [-0.1, -0.05) is 6.07 Å². The van der Waals surface area contributed by atoms with Crippen LogP contribution in [0, 0.1) is 6.92 Å². The average Bonchev–Trinajstić information content (AvgIpc) is 2.78. The van der Waals surface area contributed by atoms with Crippen LogP contribution in [0.15, 0.2) is 34.3 Å². The highest BCUT2D eigenvalue weighted by Gasteiger charge is 2.00. The average molecular weight is 207 g/mol. The Morgan fingerprint density at radius 2 is 2.29 bits per heavy atom. The summed E-state index contributed by atoms with van der Waals surface area (Å²) in [5, 5.41) is 5.48. The highest BCUT2D eigenvalue weighted by atomic mass is 32.1. The highest BCUT2D eigenvalue weighted by Crippen LogP contribution is 2.10. The second-order valence-electron chi connectivity index (χ2n) is 3.18. The molecule has 0 amide bonds. The molecule has 0 saturated carbocycles. The first-order valence-corrected chi connectivity index (χ1v) is 5.50. The van der Waals surface area contributed by atoms with E-state index in [2.05, 4.69) is 22.8 Å². The fourth-order valence-corrected chi connectivity index (χ4v) is 2.00. The normalized spacial score (nSPS) is 10.6. The topological polar surface area (TPSA) is 25.2 Å². The molecule has 0 radical (unpaired) electrons. The molecule has 0 fully saturated rings. The van der Waals surface area contributed by atoms with Gasteiger partial charge in [0, 0.05) is 23.5 Å². The molecule has 2 aromatic heterocycles. The predicted molar refractivity (Wildman–Crippen MR) is 58.3 cm³/mol. The third-order valence-electron chi connectivity index (χ3n) is 2.16. The molecular weight excluding hydrogens is 194 g/mol. The van der Waals surface area contributed by atoms with Crippen molar-refractivity contribution in [3.63, 3.8) is 0 Å². The van der Waals surface area contributed by atoms with Gasteiger partial charge in [-0.25, -0.2) is 0 Å². The molecule has 0 atom stereocenters. The van der Waals surface area contributed by atoms with E-state index in [1.807, 2.05) is 13.0 Å². The molecule has 0 bridgehead atoms. The number of hydrogen-bond acceptors (Lipinski definition) is 3. The van der Waals surface area contributed by atoms with Crippen molar-refractivity contribution >= 4 is 11.3 Å². The van der Waals surface area contributed by atoms with Crippen LogP contribution in [0.25, 0.3) is 0 Å². The van der Waals surface area contributed by atoms with Crippen molar-refractivity contribution in [2.45, 2.75) is 20.0 Å². The Kier molecular flexibility index (Phi) is 3.01. The van der Waals surface area contributed by atoms with Gasteiger partial charge in [0.25, 0.3) is 0 Å². The summed E-state index contributed by atoms with van der Waals surface area (Å²) < 4.78 is 5.21. The molecule has 2 heterocycles. The first kappa shape index (κ1) is 9.49. The van der Waals surface area contributed by atoms with E-state index in [1.54, 1.807) is 17.6 Å². The first-order chi connectivity index (χ1) is 6.86. The summed E-state index contributed by atoms with van der Waals surface area (Å²) in [7, 11) is 0. The van der Waals surface area contributed by atoms with Crippen molar-refractivity contribution in [1.29, 1.82) is 0 Å². The molecule has 74 valence electrons. The van der Waals surface area contributed by atoms with E-state index in [0.717, 1.165) is 18.8 Å². The zero-order valence-corrected chi connectivity index (χ0v) is 8.93. The largest absolute Gasteiger partial charge is 0.469 e. The molecule has 1 N–H and O–H groups in total. The highest BCUT2D eigenvalue weighted by molar-refractivity contribution is 7.09. The van der Waals surface area contributed by atoms with Crippen molar-refractivity contribution in [3.05, 3.63) is 46.0 Å². The molecule has 0 unspecified atom stereocenters. The standard InChI is InChI=1S/C11H13NOS/c1-9-10(4-5-13-9)7-12-8-11-3-2-6-14-11/h2-6,12H,7-8H2,1H3. The third-order valence-corrected chi connectivity index (χ3v) is 3.04. The van der Waals surface area contributed by atoms with E-state index in [0.29, 0.717) is 0 Å². The Bertz CT molecular complexity index is 378. The van der Waals surface area contributed by atoms with E-state index in [1.165, 1.54) is 10.4 Å². The summed E-state index contributed by atoms with van der Waals surface area (Å²) in [5.41, 5.74) is 1.24. The van der Waals surface area contributed by atoms with Crippen LogP contribution in [0.4, 0.5) is 0 Å². The molecule has 2 aromatic rings. The summed E-state index contributed by atoms with van der Waals surface area (Å²) in [4.78, 5) is 1.37. The quantitative estimate of drug-likeness (QED) is 0.834. The summed E-state index contributed by atoms with van der Waals surface area (Å²) in [6.45, 7) is 3.80.